The third kappa shape index (κ3) is 14.3. The van der Waals surface area contributed by atoms with E-state index in [2.05, 4.69) is 74.6 Å². The third-order valence-electron chi connectivity index (χ3n) is 4.58. The molecule has 0 aromatic heterocycles. The van der Waals surface area contributed by atoms with Gasteiger partial charge in [0.1, 0.15) is 0 Å². The summed E-state index contributed by atoms with van der Waals surface area (Å²) < 4.78 is 5.40. The molecule has 1 aromatic rings. The van der Waals surface area contributed by atoms with Crippen LogP contribution in [0.25, 0.3) is 0 Å². The van der Waals surface area contributed by atoms with Crippen molar-refractivity contribution in [3.63, 3.8) is 0 Å². The Hall–Kier alpha value is -2.35. The number of rotatable bonds is 15. The summed E-state index contributed by atoms with van der Waals surface area (Å²) in [5.74, 6) is 0.155. The number of hydrogen-bond acceptors (Lipinski definition) is 2. The second kappa shape index (κ2) is 17.7. The number of carbonyl (C=O) groups excluding carboxylic acids is 1. The topological polar surface area (TPSA) is 26.3 Å². The standard InChI is InChI=1S/C27H38O2/c1-3-4-5-6-7-8-9-10-11-12-13-14-15-16-20-23-27(28)29-24-25(2)26-21-18-17-19-22-26/h4-5,7-8,10-11,13-14,17-19,21-22,25H,3,6,9,12,15-16,20,23-24H2,1-2H3/b5-4-,8-7-,11-10-,14-13-. The monoisotopic (exact) mass is 394 g/mol. The van der Waals surface area contributed by atoms with Crippen molar-refractivity contribution < 1.29 is 9.53 Å². The van der Waals surface area contributed by atoms with E-state index in [1.807, 2.05) is 18.2 Å². The molecule has 0 amide bonds. The van der Waals surface area contributed by atoms with E-state index in [1.54, 1.807) is 0 Å². The van der Waals surface area contributed by atoms with E-state index in [4.69, 9.17) is 4.74 Å². The minimum absolute atomic E-state index is 0.0852. The quantitative estimate of drug-likeness (QED) is 0.173. The first-order valence-corrected chi connectivity index (χ1v) is 11.0. The van der Waals surface area contributed by atoms with Gasteiger partial charge in [0.05, 0.1) is 6.61 Å². The highest BCUT2D eigenvalue weighted by molar-refractivity contribution is 5.69. The molecule has 0 spiro atoms. The number of allylic oxidation sites excluding steroid dienone is 8. The molecule has 2 heteroatoms. The van der Waals surface area contributed by atoms with Crippen LogP contribution in [0, 0.1) is 0 Å². The fourth-order valence-electron chi connectivity index (χ4n) is 2.80. The first-order valence-electron chi connectivity index (χ1n) is 11.0. The average Bonchev–Trinajstić information content (AvgIpc) is 2.75. The largest absolute Gasteiger partial charge is 0.465 e. The zero-order valence-electron chi connectivity index (χ0n) is 18.3. The lowest BCUT2D eigenvalue weighted by atomic mass is 10.0. The molecule has 0 bridgehead atoms. The van der Waals surface area contributed by atoms with Gasteiger partial charge in [-0.25, -0.2) is 0 Å². The van der Waals surface area contributed by atoms with Crippen LogP contribution in [0.15, 0.2) is 78.9 Å². The number of hydrogen-bond donors (Lipinski definition) is 0. The Kier molecular flexibility index (Phi) is 15.1. The zero-order chi connectivity index (χ0) is 21.0. The van der Waals surface area contributed by atoms with Crippen LogP contribution in [0.4, 0.5) is 0 Å². The van der Waals surface area contributed by atoms with Gasteiger partial charge in [-0.1, -0.05) is 92.8 Å². The van der Waals surface area contributed by atoms with Crippen LogP contribution in [-0.2, 0) is 9.53 Å². The van der Waals surface area contributed by atoms with E-state index in [0.717, 1.165) is 44.9 Å². The normalized spacial score (nSPS) is 13.2. The maximum atomic E-state index is 11.9. The van der Waals surface area contributed by atoms with Gasteiger partial charge in [-0.2, -0.15) is 0 Å². The lowest BCUT2D eigenvalue weighted by Gasteiger charge is -2.12. The minimum atomic E-state index is -0.0852. The van der Waals surface area contributed by atoms with Crippen molar-refractivity contribution in [3.05, 3.63) is 84.5 Å². The molecule has 0 heterocycles. The number of carbonyl (C=O) groups is 1. The number of esters is 1. The molecule has 1 aromatic carbocycles. The maximum absolute atomic E-state index is 11.9. The highest BCUT2D eigenvalue weighted by Gasteiger charge is 2.08. The Bertz CT molecular complexity index is 638. The predicted octanol–water partition coefficient (Wildman–Crippen LogP) is 7.70. The Labute approximate surface area is 178 Å². The molecule has 2 nitrogen and oxygen atoms in total. The van der Waals surface area contributed by atoms with Crippen LogP contribution in [-0.4, -0.2) is 12.6 Å². The smallest absolute Gasteiger partial charge is 0.305 e. The first kappa shape index (κ1) is 24.7. The fraction of sp³-hybridized carbons (Fsp3) is 0.444. The second-order valence-electron chi connectivity index (χ2n) is 7.24. The van der Waals surface area contributed by atoms with Crippen molar-refractivity contribution >= 4 is 5.97 Å². The van der Waals surface area contributed by atoms with Gasteiger partial charge >= 0.3 is 5.97 Å². The van der Waals surface area contributed by atoms with Gasteiger partial charge in [-0.3, -0.25) is 4.79 Å². The van der Waals surface area contributed by atoms with Crippen LogP contribution < -0.4 is 0 Å². The Morgan fingerprint density at radius 3 is 2.07 bits per heavy atom. The van der Waals surface area contributed by atoms with E-state index in [1.165, 1.54) is 5.56 Å². The lowest BCUT2D eigenvalue weighted by Crippen LogP contribution is -2.10. The van der Waals surface area contributed by atoms with Gasteiger partial charge in [-0.05, 0) is 50.5 Å². The van der Waals surface area contributed by atoms with Gasteiger partial charge in [0.25, 0.3) is 0 Å². The summed E-state index contributed by atoms with van der Waals surface area (Å²) in [5, 5.41) is 0. The van der Waals surface area contributed by atoms with E-state index in [9.17, 15) is 4.79 Å². The van der Waals surface area contributed by atoms with Crippen LogP contribution in [0.1, 0.15) is 76.7 Å². The summed E-state index contributed by atoms with van der Waals surface area (Å²) in [6.07, 6.45) is 25.2. The Morgan fingerprint density at radius 1 is 0.862 bits per heavy atom. The highest BCUT2D eigenvalue weighted by atomic mass is 16.5. The molecule has 1 unspecified atom stereocenters. The summed E-state index contributed by atoms with van der Waals surface area (Å²) in [6, 6.07) is 10.2. The van der Waals surface area contributed by atoms with E-state index in [0.29, 0.717) is 13.0 Å². The Balaban J connectivity index is 1.98. The lowest BCUT2D eigenvalue weighted by molar-refractivity contribution is -0.144. The highest BCUT2D eigenvalue weighted by Crippen LogP contribution is 2.15. The minimum Gasteiger partial charge on any atom is -0.465 e. The predicted molar refractivity (Wildman–Crippen MR) is 125 cm³/mol. The van der Waals surface area contributed by atoms with Crippen LogP contribution >= 0.6 is 0 Å². The summed E-state index contributed by atoms with van der Waals surface area (Å²) in [7, 11) is 0. The summed E-state index contributed by atoms with van der Waals surface area (Å²) >= 11 is 0. The molecule has 0 N–H and O–H groups in total. The van der Waals surface area contributed by atoms with Gasteiger partial charge in [0.2, 0.25) is 0 Å². The molecule has 0 radical (unpaired) electrons. The van der Waals surface area contributed by atoms with Crippen molar-refractivity contribution in [2.45, 2.75) is 71.1 Å². The van der Waals surface area contributed by atoms with Crippen molar-refractivity contribution in [1.82, 2.24) is 0 Å². The molecule has 158 valence electrons. The molecular formula is C27H38O2. The first-order chi connectivity index (χ1) is 14.2. The van der Waals surface area contributed by atoms with Crippen molar-refractivity contribution in [2.75, 3.05) is 6.61 Å². The number of unbranched alkanes of at least 4 members (excludes halogenated alkanes) is 2. The van der Waals surface area contributed by atoms with Crippen LogP contribution in [0.3, 0.4) is 0 Å². The van der Waals surface area contributed by atoms with E-state index < -0.39 is 0 Å². The molecule has 1 rings (SSSR count). The van der Waals surface area contributed by atoms with Gasteiger partial charge in [0.15, 0.2) is 0 Å². The molecule has 0 fully saturated rings. The summed E-state index contributed by atoms with van der Waals surface area (Å²) in [4.78, 5) is 11.9. The van der Waals surface area contributed by atoms with Gasteiger partial charge < -0.3 is 4.74 Å². The summed E-state index contributed by atoms with van der Waals surface area (Å²) in [6.45, 7) is 4.70. The molecule has 1 atom stereocenters. The summed E-state index contributed by atoms with van der Waals surface area (Å²) in [5.41, 5.74) is 1.21. The molecule has 0 aliphatic rings. The fourth-order valence-corrected chi connectivity index (χ4v) is 2.80. The van der Waals surface area contributed by atoms with Gasteiger partial charge in [-0.15, -0.1) is 0 Å². The van der Waals surface area contributed by atoms with Crippen molar-refractivity contribution in [1.29, 1.82) is 0 Å². The van der Waals surface area contributed by atoms with Crippen LogP contribution in [0.2, 0.25) is 0 Å². The Morgan fingerprint density at radius 2 is 1.45 bits per heavy atom. The number of benzene rings is 1. The van der Waals surface area contributed by atoms with Crippen molar-refractivity contribution in [3.8, 4) is 0 Å². The zero-order valence-corrected chi connectivity index (χ0v) is 18.3. The second-order valence-corrected chi connectivity index (χ2v) is 7.24. The van der Waals surface area contributed by atoms with Crippen LogP contribution in [0.5, 0.6) is 0 Å². The van der Waals surface area contributed by atoms with E-state index in [-0.39, 0.29) is 11.9 Å². The SMILES string of the molecule is CC/C=C\C/C=C\C/C=C\C/C=C\CCCCC(=O)OCC(C)c1ccccc1. The van der Waals surface area contributed by atoms with Gasteiger partial charge in [0, 0.05) is 12.3 Å². The molecule has 29 heavy (non-hydrogen) atoms. The molecule has 0 saturated carbocycles. The molecule has 0 aliphatic carbocycles. The molecule has 0 aliphatic heterocycles. The maximum Gasteiger partial charge on any atom is 0.305 e. The molecular weight excluding hydrogens is 356 g/mol. The average molecular weight is 395 g/mol. The van der Waals surface area contributed by atoms with Crippen molar-refractivity contribution in [2.24, 2.45) is 0 Å². The third-order valence-corrected chi connectivity index (χ3v) is 4.58. The molecule has 0 saturated heterocycles. The number of ether oxygens (including phenoxy) is 1. The van der Waals surface area contributed by atoms with E-state index >= 15 is 0 Å².